The smallest absolute Gasteiger partial charge is 0.407 e. The Labute approximate surface area is 136 Å². The second-order valence-electron chi connectivity index (χ2n) is 7.01. The summed E-state index contributed by atoms with van der Waals surface area (Å²) in [6.07, 6.45) is 1.42. The lowest BCUT2D eigenvalue weighted by Gasteiger charge is -2.37. The lowest BCUT2D eigenvalue weighted by atomic mass is 9.86. The fourth-order valence-electron chi connectivity index (χ4n) is 2.70. The maximum atomic E-state index is 11.7. The minimum atomic E-state index is -0.462. The van der Waals surface area contributed by atoms with Crippen molar-refractivity contribution in [3.05, 3.63) is 18.2 Å². The van der Waals surface area contributed by atoms with Crippen LogP contribution >= 0.6 is 0 Å². The lowest BCUT2D eigenvalue weighted by Crippen LogP contribution is -2.50. The van der Waals surface area contributed by atoms with Gasteiger partial charge in [0.05, 0.1) is 0 Å². The van der Waals surface area contributed by atoms with Crippen LogP contribution in [0, 0.1) is 0 Å². The molecule has 1 fully saturated rings. The van der Waals surface area contributed by atoms with Crippen molar-refractivity contribution in [3.8, 4) is 11.5 Å². The van der Waals surface area contributed by atoms with Crippen LogP contribution in [0.2, 0.25) is 0 Å². The van der Waals surface area contributed by atoms with Gasteiger partial charge < -0.3 is 24.8 Å². The number of amides is 1. The molecule has 1 aliphatic carbocycles. The first-order valence-corrected chi connectivity index (χ1v) is 8.05. The van der Waals surface area contributed by atoms with Crippen molar-refractivity contribution in [1.29, 1.82) is 0 Å². The number of carbonyl (C=O) groups is 1. The fraction of sp³-hybridized carbons (Fsp3) is 0.588. The first-order valence-electron chi connectivity index (χ1n) is 8.05. The van der Waals surface area contributed by atoms with Crippen LogP contribution < -0.4 is 20.1 Å². The average Bonchev–Trinajstić information content (AvgIpc) is 2.43. The van der Waals surface area contributed by atoms with E-state index in [4.69, 9.17) is 14.2 Å². The molecule has 1 aliphatic heterocycles. The minimum absolute atomic E-state index is 0.166. The Morgan fingerprint density at radius 1 is 1.13 bits per heavy atom. The van der Waals surface area contributed by atoms with Crippen molar-refractivity contribution in [3.63, 3.8) is 0 Å². The summed E-state index contributed by atoms with van der Waals surface area (Å²) in [7, 11) is 0. The summed E-state index contributed by atoms with van der Waals surface area (Å²) in [4.78, 5) is 11.7. The molecule has 23 heavy (non-hydrogen) atoms. The molecule has 126 valence electrons. The van der Waals surface area contributed by atoms with Gasteiger partial charge >= 0.3 is 6.09 Å². The SMILES string of the molecule is CC(C)(C)OC(=O)NC1CC(Nc2ccc3c(c2)OCCO3)C1. The molecule has 0 saturated heterocycles. The van der Waals surface area contributed by atoms with Crippen LogP contribution in [-0.2, 0) is 4.74 Å². The van der Waals surface area contributed by atoms with Crippen LogP contribution in [0.25, 0.3) is 0 Å². The molecule has 0 unspecified atom stereocenters. The lowest BCUT2D eigenvalue weighted by molar-refractivity contribution is 0.0475. The van der Waals surface area contributed by atoms with Crippen molar-refractivity contribution >= 4 is 11.8 Å². The van der Waals surface area contributed by atoms with Gasteiger partial charge in [0, 0.05) is 23.8 Å². The molecule has 0 bridgehead atoms. The van der Waals surface area contributed by atoms with Crippen LogP contribution in [-0.4, -0.2) is 37.0 Å². The first kappa shape index (κ1) is 15.8. The topological polar surface area (TPSA) is 68.8 Å². The van der Waals surface area contributed by atoms with E-state index in [1.807, 2.05) is 39.0 Å². The van der Waals surface area contributed by atoms with Gasteiger partial charge in [0.15, 0.2) is 11.5 Å². The fourth-order valence-corrected chi connectivity index (χ4v) is 2.70. The molecule has 0 spiro atoms. The summed E-state index contributed by atoms with van der Waals surface area (Å²) in [5.74, 6) is 1.57. The van der Waals surface area contributed by atoms with Crippen LogP contribution in [0.4, 0.5) is 10.5 Å². The Kier molecular flexibility index (Phi) is 4.24. The highest BCUT2D eigenvalue weighted by molar-refractivity contribution is 5.68. The van der Waals surface area contributed by atoms with Gasteiger partial charge in [-0.05, 0) is 45.7 Å². The largest absolute Gasteiger partial charge is 0.486 e. The third-order valence-electron chi connectivity index (χ3n) is 3.77. The van der Waals surface area contributed by atoms with E-state index in [-0.39, 0.29) is 12.1 Å². The predicted molar refractivity (Wildman–Crippen MR) is 87.2 cm³/mol. The van der Waals surface area contributed by atoms with Crippen molar-refractivity contribution in [2.24, 2.45) is 0 Å². The van der Waals surface area contributed by atoms with E-state index in [1.165, 1.54) is 0 Å². The van der Waals surface area contributed by atoms with E-state index in [9.17, 15) is 4.79 Å². The van der Waals surface area contributed by atoms with E-state index < -0.39 is 5.60 Å². The molecule has 1 aromatic carbocycles. The molecule has 6 nitrogen and oxygen atoms in total. The van der Waals surface area contributed by atoms with Crippen LogP contribution in [0.5, 0.6) is 11.5 Å². The van der Waals surface area contributed by atoms with Crippen LogP contribution in [0.1, 0.15) is 33.6 Å². The Morgan fingerprint density at radius 3 is 2.52 bits per heavy atom. The maximum absolute atomic E-state index is 11.7. The summed E-state index contributed by atoms with van der Waals surface area (Å²) in [5.41, 5.74) is 0.548. The number of carbonyl (C=O) groups excluding carboxylic acids is 1. The van der Waals surface area contributed by atoms with Gasteiger partial charge in [-0.15, -0.1) is 0 Å². The van der Waals surface area contributed by atoms with Gasteiger partial charge in [-0.2, -0.15) is 0 Å². The maximum Gasteiger partial charge on any atom is 0.407 e. The standard InChI is InChI=1S/C17H24N2O4/c1-17(2,3)23-16(20)19-13-8-12(9-13)18-11-4-5-14-15(10-11)22-7-6-21-14/h4-5,10,12-13,18H,6-9H2,1-3H3,(H,19,20). The Hall–Kier alpha value is -2.11. The van der Waals surface area contributed by atoms with Gasteiger partial charge in [-0.1, -0.05) is 0 Å². The van der Waals surface area contributed by atoms with E-state index in [0.717, 1.165) is 30.0 Å². The van der Waals surface area contributed by atoms with E-state index in [1.54, 1.807) is 0 Å². The number of alkyl carbamates (subject to hydrolysis) is 1. The second-order valence-corrected chi connectivity index (χ2v) is 7.01. The zero-order valence-electron chi connectivity index (χ0n) is 13.8. The Bertz CT molecular complexity index is 576. The number of fused-ring (bicyclic) bond motifs is 1. The number of hydrogen-bond donors (Lipinski definition) is 2. The van der Waals surface area contributed by atoms with Gasteiger partial charge in [0.2, 0.25) is 0 Å². The van der Waals surface area contributed by atoms with E-state index in [0.29, 0.717) is 19.3 Å². The molecule has 1 amide bonds. The first-order chi connectivity index (χ1) is 10.9. The molecule has 3 rings (SSSR count). The molecular formula is C17H24N2O4. The van der Waals surface area contributed by atoms with Crippen molar-refractivity contribution in [2.75, 3.05) is 18.5 Å². The summed E-state index contributed by atoms with van der Waals surface area (Å²) >= 11 is 0. The zero-order valence-corrected chi connectivity index (χ0v) is 13.8. The van der Waals surface area contributed by atoms with Gasteiger partial charge in [0.25, 0.3) is 0 Å². The Balaban J connectivity index is 1.44. The average molecular weight is 320 g/mol. The number of anilines is 1. The highest BCUT2D eigenvalue weighted by Crippen LogP contribution is 2.34. The van der Waals surface area contributed by atoms with E-state index >= 15 is 0 Å². The predicted octanol–water partition coefficient (Wildman–Crippen LogP) is 2.93. The quantitative estimate of drug-likeness (QED) is 0.896. The number of ether oxygens (including phenoxy) is 3. The zero-order chi connectivity index (χ0) is 16.4. The normalized spacial score (nSPS) is 22.7. The molecule has 1 saturated carbocycles. The highest BCUT2D eigenvalue weighted by atomic mass is 16.6. The summed E-state index contributed by atoms with van der Waals surface area (Å²) in [6.45, 7) is 6.76. The molecule has 0 atom stereocenters. The van der Waals surface area contributed by atoms with Crippen molar-refractivity contribution < 1.29 is 19.0 Å². The second kappa shape index (κ2) is 6.18. The third-order valence-corrected chi connectivity index (χ3v) is 3.77. The Morgan fingerprint density at radius 2 is 1.83 bits per heavy atom. The number of hydrogen-bond acceptors (Lipinski definition) is 5. The van der Waals surface area contributed by atoms with Crippen LogP contribution in [0.15, 0.2) is 18.2 Å². The number of rotatable bonds is 3. The molecule has 0 aromatic heterocycles. The van der Waals surface area contributed by atoms with Crippen LogP contribution in [0.3, 0.4) is 0 Å². The molecule has 2 aliphatic rings. The monoisotopic (exact) mass is 320 g/mol. The highest BCUT2D eigenvalue weighted by Gasteiger charge is 2.31. The number of nitrogens with one attached hydrogen (secondary N) is 2. The minimum Gasteiger partial charge on any atom is -0.486 e. The number of benzene rings is 1. The van der Waals surface area contributed by atoms with Gasteiger partial charge in [0.1, 0.15) is 18.8 Å². The third kappa shape index (κ3) is 4.21. The molecule has 2 N–H and O–H groups in total. The van der Waals surface area contributed by atoms with Crippen molar-refractivity contribution in [1.82, 2.24) is 5.32 Å². The summed E-state index contributed by atoms with van der Waals surface area (Å²) in [6, 6.07) is 6.38. The molecule has 6 heteroatoms. The van der Waals surface area contributed by atoms with Crippen molar-refractivity contribution in [2.45, 2.75) is 51.3 Å². The van der Waals surface area contributed by atoms with Gasteiger partial charge in [-0.25, -0.2) is 4.79 Å². The molecular weight excluding hydrogens is 296 g/mol. The molecule has 1 heterocycles. The van der Waals surface area contributed by atoms with E-state index in [2.05, 4.69) is 10.6 Å². The van der Waals surface area contributed by atoms with Gasteiger partial charge in [-0.3, -0.25) is 0 Å². The summed E-state index contributed by atoms with van der Waals surface area (Å²) in [5, 5.41) is 6.35. The summed E-state index contributed by atoms with van der Waals surface area (Å²) < 4.78 is 16.3. The molecule has 1 aromatic rings. The molecule has 0 radical (unpaired) electrons.